The zero-order valence-electron chi connectivity index (χ0n) is 13.5. The Morgan fingerprint density at radius 1 is 1.40 bits per heavy atom. The van der Waals surface area contributed by atoms with E-state index in [4.69, 9.17) is 16.3 Å². The summed E-state index contributed by atoms with van der Waals surface area (Å²) < 4.78 is 6.24. The smallest absolute Gasteiger partial charge is 0.407 e. The van der Waals surface area contributed by atoms with E-state index in [0.717, 1.165) is 34.3 Å². The molecule has 0 aliphatic carbocycles. The molecule has 1 N–H and O–H groups in total. The van der Waals surface area contributed by atoms with Gasteiger partial charge in [-0.2, -0.15) is 4.98 Å². The summed E-state index contributed by atoms with van der Waals surface area (Å²) in [5.41, 5.74) is 0.966. The number of carbonyl (C=O) groups is 1. The van der Waals surface area contributed by atoms with Gasteiger partial charge in [-0.05, 0) is 52.6 Å². The molecule has 1 aromatic heterocycles. The second-order valence-corrected chi connectivity index (χ2v) is 7.30. The molecular formula is C17H18ClIN4O2. The summed E-state index contributed by atoms with van der Waals surface area (Å²) in [7, 11) is 0. The molecule has 2 heterocycles. The lowest BCUT2D eigenvalue weighted by Crippen LogP contribution is -2.48. The van der Waals surface area contributed by atoms with Crippen molar-refractivity contribution in [3.63, 3.8) is 0 Å². The van der Waals surface area contributed by atoms with Crippen molar-refractivity contribution in [1.29, 1.82) is 0 Å². The Labute approximate surface area is 165 Å². The maximum absolute atomic E-state index is 12.0. The second-order valence-electron chi connectivity index (χ2n) is 5.80. The van der Waals surface area contributed by atoms with Crippen molar-refractivity contribution in [2.24, 2.45) is 0 Å². The van der Waals surface area contributed by atoms with Gasteiger partial charge in [0, 0.05) is 25.3 Å². The van der Waals surface area contributed by atoms with E-state index in [9.17, 15) is 4.79 Å². The van der Waals surface area contributed by atoms with E-state index in [0.29, 0.717) is 6.54 Å². The molecule has 0 radical (unpaired) electrons. The zero-order valence-corrected chi connectivity index (χ0v) is 16.4. The van der Waals surface area contributed by atoms with Gasteiger partial charge in [0.15, 0.2) is 0 Å². The molecule has 1 aliphatic heterocycles. The Balaban J connectivity index is 1.54. The lowest BCUT2D eigenvalue weighted by atomic mass is 10.1. The van der Waals surface area contributed by atoms with Crippen LogP contribution in [0.15, 0.2) is 36.5 Å². The minimum absolute atomic E-state index is 0.0153. The Morgan fingerprint density at radius 2 is 2.20 bits per heavy atom. The summed E-state index contributed by atoms with van der Waals surface area (Å²) in [6, 6.07) is 9.64. The first-order valence-electron chi connectivity index (χ1n) is 8.02. The van der Waals surface area contributed by atoms with Gasteiger partial charge >= 0.3 is 6.09 Å². The number of halogens is 2. The third-order valence-corrected chi connectivity index (χ3v) is 4.89. The molecule has 1 saturated heterocycles. The number of hydrogen-bond donors (Lipinski definition) is 1. The molecule has 0 bridgehead atoms. The lowest BCUT2D eigenvalue weighted by molar-refractivity contribution is 0.134. The molecule has 132 valence electrons. The van der Waals surface area contributed by atoms with Crippen molar-refractivity contribution in [3.8, 4) is 0 Å². The van der Waals surface area contributed by atoms with Crippen molar-refractivity contribution in [1.82, 2.24) is 15.3 Å². The molecule has 0 saturated carbocycles. The highest BCUT2D eigenvalue weighted by Gasteiger charge is 2.24. The van der Waals surface area contributed by atoms with Crippen LogP contribution in [0.25, 0.3) is 0 Å². The molecule has 0 spiro atoms. The first kappa shape index (κ1) is 18.2. The van der Waals surface area contributed by atoms with Gasteiger partial charge in [0.1, 0.15) is 12.4 Å². The monoisotopic (exact) mass is 472 g/mol. The largest absolute Gasteiger partial charge is 0.445 e. The topological polar surface area (TPSA) is 67.4 Å². The lowest BCUT2D eigenvalue weighted by Gasteiger charge is -2.34. The molecule has 6 nitrogen and oxygen atoms in total. The fraction of sp³-hybridized carbons (Fsp3) is 0.353. The Kier molecular flexibility index (Phi) is 6.30. The summed E-state index contributed by atoms with van der Waals surface area (Å²) in [6.07, 6.45) is 3.18. The second kappa shape index (κ2) is 8.66. The van der Waals surface area contributed by atoms with Crippen molar-refractivity contribution in [2.45, 2.75) is 25.5 Å². The average molecular weight is 473 g/mol. The Morgan fingerprint density at radius 3 is 3.00 bits per heavy atom. The minimum atomic E-state index is -0.397. The van der Waals surface area contributed by atoms with E-state index in [-0.39, 0.29) is 17.9 Å². The minimum Gasteiger partial charge on any atom is -0.445 e. The van der Waals surface area contributed by atoms with E-state index in [1.54, 1.807) is 6.20 Å². The number of nitrogens with one attached hydrogen (secondary N) is 1. The van der Waals surface area contributed by atoms with Crippen LogP contribution in [0.3, 0.4) is 0 Å². The summed E-state index contributed by atoms with van der Waals surface area (Å²) in [4.78, 5) is 22.5. The average Bonchev–Trinajstić information content (AvgIpc) is 2.63. The summed E-state index contributed by atoms with van der Waals surface area (Å²) in [5, 5.41) is 3.17. The van der Waals surface area contributed by atoms with E-state index in [1.165, 1.54) is 0 Å². The highest BCUT2D eigenvalue weighted by Crippen LogP contribution is 2.24. The summed E-state index contributed by atoms with van der Waals surface area (Å²) in [5.74, 6) is 0.810. The van der Waals surface area contributed by atoms with Gasteiger partial charge in [0.25, 0.3) is 0 Å². The van der Waals surface area contributed by atoms with E-state index in [1.807, 2.05) is 30.3 Å². The van der Waals surface area contributed by atoms with Crippen LogP contribution in [0.1, 0.15) is 18.4 Å². The van der Waals surface area contributed by atoms with Gasteiger partial charge in [-0.25, -0.2) is 9.78 Å². The van der Waals surface area contributed by atoms with Gasteiger partial charge in [0.05, 0.1) is 3.57 Å². The molecule has 1 atom stereocenters. The van der Waals surface area contributed by atoms with Crippen LogP contribution in [0, 0.1) is 3.57 Å². The SMILES string of the molecule is O=C(N[C@@H]1CCCN(c2nc(Cl)ncc2I)C1)OCc1ccccc1. The molecule has 2 aromatic rings. The quantitative estimate of drug-likeness (QED) is 0.544. The van der Waals surface area contributed by atoms with Crippen LogP contribution < -0.4 is 10.2 Å². The number of nitrogens with zero attached hydrogens (tertiary/aromatic N) is 3. The van der Waals surface area contributed by atoms with Crippen molar-refractivity contribution in [3.05, 3.63) is 50.9 Å². The highest BCUT2D eigenvalue weighted by atomic mass is 127. The molecule has 0 unspecified atom stereocenters. The maximum Gasteiger partial charge on any atom is 0.407 e. The van der Waals surface area contributed by atoms with Gasteiger partial charge in [0.2, 0.25) is 5.28 Å². The maximum atomic E-state index is 12.0. The molecule has 25 heavy (non-hydrogen) atoms. The van der Waals surface area contributed by atoms with Gasteiger partial charge in [-0.1, -0.05) is 30.3 Å². The molecular weight excluding hydrogens is 455 g/mol. The van der Waals surface area contributed by atoms with Crippen molar-refractivity contribution >= 4 is 46.1 Å². The van der Waals surface area contributed by atoms with Crippen molar-refractivity contribution < 1.29 is 9.53 Å². The Hall–Kier alpha value is -1.61. The highest BCUT2D eigenvalue weighted by molar-refractivity contribution is 14.1. The molecule has 3 rings (SSSR count). The van der Waals surface area contributed by atoms with Crippen LogP contribution in [0.2, 0.25) is 5.28 Å². The number of piperidine rings is 1. The molecule has 1 fully saturated rings. The Bertz CT molecular complexity index is 732. The molecule has 1 aromatic carbocycles. The van der Waals surface area contributed by atoms with Crippen LogP contribution in [-0.2, 0) is 11.3 Å². The van der Waals surface area contributed by atoms with Crippen molar-refractivity contribution in [2.75, 3.05) is 18.0 Å². The summed E-state index contributed by atoms with van der Waals surface area (Å²) >= 11 is 8.11. The van der Waals surface area contributed by atoms with Crippen LogP contribution in [0.4, 0.5) is 10.6 Å². The predicted molar refractivity (Wildman–Crippen MR) is 105 cm³/mol. The molecule has 1 aliphatic rings. The third-order valence-electron chi connectivity index (χ3n) is 3.95. The number of rotatable bonds is 4. The third kappa shape index (κ3) is 5.18. The number of alkyl carbamates (subject to hydrolysis) is 1. The fourth-order valence-electron chi connectivity index (χ4n) is 2.78. The number of benzene rings is 1. The van der Waals surface area contributed by atoms with Gasteiger partial charge in [-0.3, -0.25) is 0 Å². The predicted octanol–water partition coefficient (Wildman–Crippen LogP) is 3.63. The fourth-order valence-corrected chi connectivity index (χ4v) is 3.51. The first-order chi connectivity index (χ1) is 12.1. The van der Waals surface area contributed by atoms with E-state index >= 15 is 0 Å². The first-order valence-corrected chi connectivity index (χ1v) is 9.47. The number of ether oxygens (including phenoxy) is 1. The normalized spacial score (nSPS) is 17.2. The number of aromatic nitrogens is 2. The molecule has 1 amide bonds. The number of anilines is 1. The zero-order chi connectivity index (χ0) is 17.6. The number of carbonyl (C=O) groups excluding carboxylic acids is 1. The standard InChI is InChI=1S/C17H18ClIN4O2/c18-16-20-9-14(19)15(22-16)23-8-4-7-13(10-23)21-17(24)25-11-12-5-2-1-3-6-12/h1-3,5-6,9,13H,4,7-8,10-11H2,(H,21,24)/t13-/m1/s1. The van der Waals surface area contributed by atoms with Gasteiger partial charge < -0.3 is 15.0 Å². The number of hydrogen-bond acceptors (Lipinski definition) is 5. The van der Waals surface area contributed by atoms with E-state index < -0.39 is 6.09 Å². The van der Waals surface area contributed by atoms with Crippen LogP contribution >= 0.6 is 34.2 Å². The van der Waals surface area contributed by atoms with Gasteiger partial charge in [-0.15, -0.1) is 0 Å². The van der Waals surface area contributed by atoms with Crippen LogP contribution in [0.5, 0.6) is 0 Å². The molecule has 8 heteroatoms. The number of amides is 1. The van der Waals surface area contributed by atoms with E-state index in [2.05, 4.69) is 42.8 Å². The van der Waals surface area contributed by atoms with Crippen LogP contribution in [-0.4, -0.2) is 35.2 Å². The summed E-state index contributed by atoms with van der Waals surface area (Å²) in [6.45, 7) is 1.81.